The van der Waals surface area contributed by atoms with Gasteiger partial charge in [-0.25, -0.2) is 4.98 Å². The summed E-state index contributed by atoms with van der Waals surface area (Å²) < 4.78 is 0.639. The quantitative estimate of drug-likeness (QED) is 0.922. The minimum absolute atomic E-state index is 0. The van der Waals surface area contributed by atoms with Gasteiger partial charge < -0.3 is 5.32 Å². The van der Waals surface area contributed by atoms with Crippen molar-refractivity contribution in [3.05, 3.63) is 15.5 Å². The Hall–Kier alpha value is 0.130. The molecular weight excluding hydrogens is 265 g/mol. The van der Waals surface area contributed by atoms with Gasteiger partial charge in [-0.15, -0.1) is 23.7 Å². The van der Waals surface area contributed by atoms with E-state index in [0.717, 1.165) is 19.6 Å². The van der Waals surface area contributed by atoms with E-state index in [4.69, 9.17) is 11.6 Å². The zero-order valence-electron chi connectivity index (χ0n) is 9.28. The molecule has 0 spiro atoms. The van der Waals surface area contributed by atoms with Crippen LogP contribution < -0.4 is 5.32 Å². The Labute approximate surface area is 112 Å². The Balaban J connectivity index is 0.00000128. The first-order valence-electron chi connectivity index (χ1n) is 5.27. The molecule has 3 nitrogen and oxygen atoms in total. The van der Waals surface area contributed by atoms with Crippen LogP contribution in [0.3, 0.4) is 0 Å². The molecule has 0 aromatic carbocycles. The lowest BCUT2D eigenvalue weighted by Crippen LogP contribution is -2.43. The molecular formula is C10H17Cl2N3S. The molecule has 1 aliphatic rings. The Kier molecular flexibility index (Phi) is 6.00. The summed E-state index contributed by atoms with van der Waals surface area (Å²) in [5, 5.41) is 3.43. The maximum atomic E-state index is 5.81. The van der Waals surface area contributed by atoms with Crippen molar-refractivity contribution >= 4 is 35.3 Å². The second-order valence-electron chi connectivity index (χ2n) is 3.99. The van der Waals surface area contributed by atoms with Gasteiger partial charge in [0.1, 0.15) is 0 Å². The number of rotatable bonds is 3. The van der Waals surface area contributed by atoms with Crippen LogP contribution in [0, 0.1) is 0 Å². The number of likely N-dealkylation sites (N-methyl/N-ethyl adjacent to an activating group) is 1. The van der Waals surface area contributed by atoms with E-state index in [9.17, 15) is 0 Å². The molecule has 2 heterocycles. The van der Waals surface area contributed by atoms with Gasteiger partial charge in [0.15, 0.2) is 4.47 Å². The molecule has 1 aliphatic heterocycles. The number of hydrogen-bond donors (Lipinski definition) is 1. The zero-order valence-corrected chi connectivity index (χ0v) is 11.7. The van der Waals surface area contributed by atoms with E-state index in [2.05, 4.69) is 22.2 Å². The van der Waals surface area contributed by atoms with Crippen molar-refractivity contribution in [3.63, 3.8) is 0 Å². The molecule has 1 aromatic rings. The lowest BCUT2D eigenvalue weighted by Gasteiger charge is -2.31. The molecule has 1 aromatic heterocycles. The number of aromatic nitrogens is 1. The summed E-state index contributed by atoms with van der Waals surface area (Å²) in [5.74, 6) is 0. The van der Waals surface area contributed by atoms with E-state index < -0.39 is 0 Å². The fraction of sp³-hybridized carbons (Fsp3) is 0.700. The molecule has 16 heavy (non-hydrogen) atoms. The molecule has 0 radical (unpaired) electrons. The smallest absolute Gasteiger partial charge is 0.183 e. The van der Waals surface area contributed by atoms with E-state index in [1.807, 2.05) is 6.20 Å². The normalized spacial score (nSPS) is 20.8. The Bertz CT molecular complexity index is 313. The van der Waals surface area contributed by atoms with Gasteiger partial charge in [-0.3, -0.25) is 4.90 Å². The monoisotopic (exact) mass is 281 g/mol. The summed E-state index contributed by atoms with van der Waals surface area (Å²) in [5.41, 5.74) is 0. The van der Waals surface area contributed by atoms with Crippen LogP contribution in [0.2, 0.25) is 4.47 Å². The molecule has 0 unspecified atom stereocenters. The molecule has 1 fully saturated rings. The third kappa shape index (κ3) is 3.86. The van der Waals surface area contributed by atoms with Gasteiger partial charge in [0, 0.05) is 30.2 Å². The van der Waals surface area contributed by atoms with Crippen molar-refractivity contribution in [2.24, 2.45) is 0 Å². The first kappa shape index (κ1) is 14.2. The standard InChI is InChI=1S/C10H16ClN3S.ClH/c1-14(8-3-2-4-12-5-8)7-9-6-13-10(11)15-9;/h6,8,12H,2-5,7H2,1H3;1H/t8-;/m0./s1. The average Bonchev–Trinajstić information content (AvgIpc) is 2.65. The van der Waals surface area contributed by atoms with Crippen molar-refractivity contribution in [2.45, 2.75) is 25.4 Å². The summed E-state index contributed by atoms with van der Waals surface area (Å²) in [6.07, 6.45) is 4.44. The SMILES string of the molecule is CN(Cc1cnc(Cl)s1)[C@H]1CCCNC1.Cl. The first-order chi connectivity index (χ1) is 7.25. The van der Waals surface area contributed by atoms with Crippen LogP contribution in [-0.2, 0) is 6.54 Å². The molecule has 92 valence electrons. The average molecular weight is 282 g/mol. The molecule has 0 amide bonds. The summed E-state index contributed by atoms with van der Waals surface area (Å²) in [6, 6.07) is 0.652. The van der Waals surface area contributed by atoms with Crippen LogP contribution in [0.15, 0.2) is 6.20 Å². The van der Waals surface area contributed by atoms with Crippen molar-refractivity contribution in [1.82, 2.24) is 15.2 Å². The van der Waals surface area contributed by atoms with Crippen molar-refractivity contribution in [1.29, 1.82) is 0 Å². The molecule has 1 saturated heterocycles. The van der Waals surface area contributed by atoms with Gasteiger partial charge in [0.25, 0.3) is 0 Å². The summed E-state index contributed by atoms with van der Waals surface area (Å²) in [7, 11) is 2.17. The van der Waals surface area contributed by atoms with Gasteiger partial charge in [-0.2, -0.15) is 0 Å². The third-order valence-corrected chi connectivity index (χ3v) is 3.92. The summed E-state index contributed by atoms with van der Waals surface area (Å²) in [4.78, 5) is 7.68. The molecule has 1 atom stereocenters. The third-order valence-electron chi connectivity index (χ3n) is 2.82. The molecule has 1 N–H and O–H groups in total. The second kappa shape index (κ2) is 6.77. The van der Waals surface area contributed by atoms with Crippen LogP contribution in [0.5, 0.6) is 0 Å². The van der Waals surface area contributed by atoms with E-state index in [0.29, 0.717) is 10.5 Å². The van der Waals surface area contributed by atoms with Crippen LogP contribution >= 0.6 is 35.3 Å². The Morgan fingerprint density at radius 3 is 3.06 bits per heavy atom. The minimum atomic E-state index is 0. The predicted molar refractivity (Wildman–Crippen MR) is 71.7 cm³/mol. The highest BCUT2D eigenvalue weighted by Gasteiger charge is 2.18. The van der Waals surface area contributed by atoms with Crippen molar-refractivity contribution in [2.75, 3.05) is 20.1 Å². The molecule has 0 aliphatic carbocycles. The van der Waals surface area contributed by atoms with E-state index in [1.54, 1.807) is 11.3 Å². The van der Waals surface area contributed by atoms with Crippen molar-refractivity contribution in [3.8, 4) is 0 Å². The minimum Gasteiger partial charge on any atom is -0.315 e. The highest BCUT2D eigenvalue weighted by atomic mass is 35.5. The maximum Gasteiger partial charge on any atom is 0.183 e. The summed E-state index contributed by atoms with van der Waals surface area (Å²) in [6.45, 7) is 3.22. The molecule has 0 bridgehead atoms. The second-order valence-corrected chi connectivity index (χ2v) is 5.69. The van der Waals surface area contributed by atoms with Gasteiger partial charge in [-0.1, -0.05) is 11.6 Å². The first-order valence-corrected chi connectivity index (χ1v) is 6.46. The number of hydrogen-bond acceptors (Lipinski definition) is 4. The Morgan fingerprint density at radius 1 is 1.69 bits per heavy atom. The van der Waals surface area contributed by atoms with Crippen molar-refractivity contribution < 1.29 is 0 Å². The maximum absolute atomic E-state index is 5.81. The van der Waals surface area contributed by atoms with Gasteiger partial charge in [-0.05, 0) is 26.4 Å². The number of piperidine rings is 1. The van der Waals surface area contributed by atoms with Crippen LogP contribution in [-0.4, -0.2) is 36.1 Å². The number of nitrogens with one attached hydrogen (secondary N) is 1. The van der Waals surface area contributed by atoms with Gasteiger partial charge >= 0.3 is 0 Å². The topological polar surface area (TPSA) is 28.2 Å². The zero-order chi connectivity index (χ0) is 10.7. The van der Waals surface area contributed by atoms with E-state index in [1.165, 1.54) is 17.7 Å². The largest absolute Gasteiger partial charge is 0.315 e. The highest BCUT2D eigenvalue weighted by molar-refractivity contribution is 7.15. The van der Waals surface area contributed by atoms with E-state index >= 15 is 0 Å². The number of nitrogens with zero attached hydrogens (tertiary/aromatic N) is 2. The van der Waals surface area contributed by atoms with Gasteiger partial charge in [0.05, 0.1) is 0 Å². The van der Waals surface area contributed by atoms with Crippen LogP contribution in [0.25, 0.3) is 0 Å². The Morgan fingerprint density at radius 2 is 2.50 bits per heavy atom. The fourth-order valence-corrected chi connectivity index (χ4v) is 2.98. The molecule has 2 rings (SSSR count). The van der Waals surface area contributed by atoms with Crippen LogP contribution in [0.1, 0.15) is 17.7 Å². The number of thiazole rings is 1. The van der Waals surface area contributed by atoms with Crippen LogP contribution in [0.4, 0.5) is 0 Å². The lowest BCUT2D eigenvalue weighted by molar-refractivity contribution is 0.197. The molecule has 6 heteroatoms. The number of halogens is 2. The summed E-state index contributed by atoms with van der Waals surface area (Å²) >= 11 is 7.38. The lowest BCUT2D eigenvalue weighted by atomic mass is 10.1. The van der Waals surface area contributed by atoms with Gasteiger partial charge in [0.2, 0.25) is 0 Å². The van der Waals surface area contributed by atoms with E-state index in [-0.39, 0.29) is 12.4 Å². The predicted octanol–water partition coefficient (Wildman–Crippen LogP) is 2.40. The fourth-order valence-electron chi connectivity index (χ4n) is 1.94. The molecule has 0 saturated carbocycles. The highest BCUT2D eigenvalue weighted by Crippen LogP contribution is 2.20.